The molecule has 0 radical (unpaired) electrons. The number of rotatable bonds is 7. The van der Waals surface area contributed by atoms with Gasteiger partial charge in [0.15, 0.2) is 0 Å². The second-order valence-corrected chi connectivity index (χ2v) is 6.76. The van der Waals surface area contributed by atoms with E-state index in [1.165, 1.54) is 48.7 Å². The first-order valence-electron chi connectivity index (χ1n) is 8.40. The highest BCUT2D eigenvalue weighted by Gasteiger charge is 2.42. The van der Waals surface area contributed by atoms with Crippen LogP contribution in [0.2, 0.25) is 5.02 Å². The molecule has 1 atom stereocenters. The van der Waals surface area contributed by atoms with Crippen molar-refractivity contribution in [2.24, 2.45) is 0 Å². The maximum Gasteiger partial charge on any atom is 0.416 e. The number of hydrogen-bond acceptors (Lipinski definition) is 5. The fraction of sp³-hybridized carbons (Fsp3) is 0.263. The normalized spacial score (nSPS) is 13.9. The molecule has 0 saturated heterocycles. The maximum atomic E-state index is 13.8. The van der Waals surface area contributed by atoms with Gasteiger partial charge in [-0.3, -0.25) is 0 Å². The van der Waals surface area contributed by atoms with Crippen molar-refractivity contribution < 1.29 is 27.8 Å². The van der Waals surface area contributed by atoms with Gasteiger partial charge in [-0.05, 0) is 36.4 Å². The van der Waals surface area contributed by atoms with E-state index in [0.717, 1.165) is 6.07 Å². The maximum absolute atomic E-state index is 13.8. The standard InChI is InChI=1S/C19H17ClF3N3O3/c1-28-10-18(27,9-26-12-24-11-25-26)16-7-6-15(8-17(16)19(21,22)23)29-14-4-2-13(20)3-5-14/h2-8,11-12,27H,9-10H2,1H3/t18-/m1/s1. The molecule has 0 fully saturated rings. The summed E-state index contributed by atoms with van der Waals surface area (Å²) in [5.41, 5.74) is -3.39. The smallest absolute Gasteiger partial charge is 0.416 e. The van der Waals surface area contributed by atoms with Crippen LogP contribution in [0.1, 0.15) is 11.1 Å². The Kier molecular flexibility index (Phi) is 6.11. The molecule has 0 spiro atoms. The van der Waals surface area contributed by atoms with Gasteiger partial charge in [0.25, 0.3) is 0 Å². The zero-order valence-electron chi connectivity index (χ0n) is 15.2. The molecule has 10 heteroatoms. The average Bonchev–Trinajstić information content (AvgIpc) is 3.16. The topological polar surface area (TPSA) is 69.4 Å². The van der Waals surface area contributed by atoms with E-state index < -0.39 is 17.3 Å². The zero-order valence-corrected chi connectivity index (χ0v) is 16.0. The second kappa shape index (κ2) is 8.40. The minimum absolute atomic E-state index is 0.0380. The van der Waals surface area contributed by atoms with Crippen LogP contribution >= 0.6 is 11.6 Å². The molecule has 0 aliphatic carbocycles. The predicted molar refractivity (Wildman–Crippen MR) is 98.8 cm³/mol. The first kappa shape index (κ1) is 21.1. The first-order chi connectivity index (χ1) is 13.7. The lowest BCUT2D eigenvalue weighted by atomic mass is 9.89. The van der Waals surface area contributed by atoms with Crippen LogP contribution < -0.4 is 4.74 Å². The zero-order chi connectivity index (χ0) is 21.1. The van der Waals surface area contributed by atoms with E-state index in [4.69, 9.17) is 21.1 Å². The molecule has 0 saturated carbocycles. The van der Waals surface area contributed by atoms with E-state index in [9.17, 15) is 18.3 Å². The van der Waals surface area contributed by atoms with Crippen molar-refractivity contribution in [2.45, 2.75) is 18.3 Å². The summed E-state index contributed by atoms with van der Waals surface area (Å²) in [5, 5.41) is 15.4. The van der Waals surface area contributed by atoms with E-state index in [2.05, 4.69) is 10.1 Å². The molecule has 154 valence electrons. The predicted octanol–water partition coefficient (Wildman–Crippen LogP) is 4.28. The van der Waals surface area contributed by atoms with E-state index in [1.54, 1.807) is 12.1 Å². The van der Waals surface area contributed by atoms with E-state index in [1.807, 2.05) is 0 Å². The Hall–Kier alpha value is -2.62. The van der Waals surface area contributed by atoms with Gasteiger partial charge < -0.3 is 14.6 Å². The van der Waals surface area contributed by atoms with Crippen molar-refractivity contribution in [1.82, 2.24) is 14.8 Å². The number of aromatic nitrogens is 3. The molecular formula is C19H17ClF3N3O3. The van der Waals surface area contributed by atoms with Crippen LogP contribution in [0.3, 0.4) is 0 Å². The Morgan fingerprint density at radius 3 is 2.34 bits per heavy atom. The van der Waals surface area contributed by atoms with Crippen molar-refractivity contribution in [3.8, 4) is 11.5 Å². The highest BCUT2D eigenvalue weighted by Crippen LogP contribution is 2.40. The highest BCUT2D eigenvalue weighted by atomic mass is 35.5. The van der Waals surface area contributed by atoms with Gasteiger partial charge in [0.05, 0.1) is 18.7 Å². The molecule has 3 aromatic rings. The molecule has 0 aliphatic heterocycles. The molecule has 0 aliphatic rings. The summed E-state index contributed by atoms with van der Waals surface area (Å²) in [6.45, 7) is -0.658. The van der Waals surface area contributed by atoms with Gasteiger partial charge in [-0.1, -0.05) is 17.7 Å². The molecule has 29 heavy (non-hydrogen) atoms. The molecule has 0 amide bonds. The molecule has 0 bridgehead atoms. The van der Waals surface area contributed by atoms with E-state index in [0.29, 0.717) is 10.8 Å². The number of methoxy groups -OCH3 is 1. The van der Waals surface area contributed by atoms with Gasteiger partial charge in [-0.25, -0.2) is 9.67 Å². The first-order valence-corrected chi connectivity index (χ1v) is 8.78. The molecule has 2 aromatic carbocycles. The number of hydrogen-bond donors (Lipinski definition) is 1. The summed E-state index contributed by atoms with van der Waals surface area (Å²) in [6.07, 6.45) is -2.22. The summed E-state index contributed by atoms with van der Waals surface area (Å²) in [7, 11) is 1.29. The Bertz CT molecular complexity index is 950. The lowest BCUT2D eigenvalue weighted by Gasteiger charge is -2.30. The third-order valence-electron chi connectivity index (χ3n) is 4.12. The Balaban J connectivity index is 2.01. The van der Waals surface area contributed by atoms with Crippen molar-refractivity contribution in [3.63, 3.8) is 0 Å². The van der Waals surface area contributed by atoms with Gasteiger partial charge in [0, 0.05) is 17.7 Å². The van der Waals surface area contributed by atoms with Gasteiger partial charge in [0.1, 0.15) is 29.8 Å². The van der Waals surface area contributed by atoms with Crippen LogP contribution in [0.5, 0.6) is 11.5 Å². The molecular weight excluding hydrogens is 411 g/mol. The Labute approximate surface area is 169 Å². The van der Waals surface area contributed by atoms with Crippen LogP contribution in [0, 0.1) is 0 Å². The van der Waals surface area contributed by atoms with Gasteiger partial charge in [-0.2, -0.15) is 18.3 Å². The van der Waals surface area contributed by atoms with E-state index >= 15 is 0 Å². The molecule has 3 rings (SSSR count). The fourth-order valence-corrected chi connectivity index (χ4v) is 3.02. The van der Waals surface area contributed by atoms with Gasteiger partial charge in [-0.15, -0.1) is 0 Å². The Morgan fingerprint density at radius 2 is 1.76 bits per heavy atom. The summed E-state index contributed by atoms with van der Waals surface area (Å²) in [5.74, 6) is 0.286. The average molecular weight is 428 g/mol. The summed E-state index contributed by atoms with van der Waals surface area (Å²) in [6, 6.07) is 9.55. The summed E-state index contributed by atoms with van der Waals surface area (Å²) < 4.78 is 53.2. The fourth-order valence-electron chi connectivity index (χ4n) is 2.90. The third kappa shape index (κ3) is 5.06. The van der Waals surface area contributed by atoms with Gasteiger partial charge >= 0.3 is 6.18 Å². The lowest BCUT2D eigenvalue weighted by Crippen LogP contribution is -2.38. The number of benzene rings is 2. The molecule has 1 heterocycles. The van der Waals surface area contributed by atoms with E-state index in [-0.39, 0.29) is 24.5 Å². The van der Waals surface area contributed by atoms with Crippen molar-refractivity contribution in [1.29, 1.82) is 0 Å². The monoisotopic (exact) mass is 427 g/mol. The Morgan fingerprint density at radius 1 is 1.07 bits per heavy atom. The molecule has 6 nitrogen and oxygen atoms in total. The van der Waals surface area contributed by atoms with Crippen molar-refractivity contribution in [3.05, 3.63) is 71.3 Å². The SMILES string of the molecule is COC[C@](O)(Cn1cncn1)c1ccc(Oc2ccc(Cl)cc2)cc1C(F)(F)F. The van der Waals surface area contributed by atoms with Crippen LogP contribution in [-0.4, -0.2) is 33.6 Å². The summed E-state index contributed by atoms with van der Waals surface area (Å²) in [4.78, 5) is 3.75. The molecule has 0 unspecified atom stereocenters. The summed E-state index contributed by atoms with van der Waals surface area (Å²) >= 11 is 5.80. The number of nitrogens with zero attached hydrogens (tertiary/aromatic N) is 3. The van der Waals surface area contributed by atoms with Crippen LogP contribution in [-0.2, 0) is 23.1 Å². The van der Waals surface area contributed by atoms with Crippen LogP contribution in [0.25, 0.3) is 0 Å². The van der Waals surface area contributed by atoms with Crippen molar-refractivity contribution >= 4 is 11.6 Å². The number of halogens is 4. The quantitative estimate of drug-likeness (QED) is 0.609. The second-order valence-electron chi connectivity index (χ2n) is 6.32. The molecule has 1 aromatic heterocycles. The van der Waals surface area contributed by atoms with Crippen LogP contribution in [0.15, 0.2) is 55.1 Å². The molecule has 1 N–H and O–H groups in total. The third-order valence-corrected chi connectivity index (χ3v) is 4.37. The van der Waals surface area contributed by atoms with Gasteiger partial charge in [0.2, 0.25) is 0 Å². The highest BCUT2D eigenvalue weighted by molar-refractivity contribution is 6.30. The lowest BCUT2D eigenvalue weighted by molar-refractivity contribution is -0.142. The number of ether oxygens (including phenoxy) is 2. The minimum atomic E-state index is -4.74. The number of aliphatic hydroxyl groups is 1. The van der Waals surface area contributed by atoms with Crippen LogP contribution in [0.4, 0.5) is 13.2 Å². The minimum Gasteiger partial charge on any atom is -0.457 e. The van der Waals surface area contributed by atoms with Crippen molar-refractivity contribution in [2.75, 3.05) is 13.7 Å². The largest absolute Gasteiger partial charge is 0.457 e. The number of alkyl halides is 3.